The van der Waals surface area contributed by atoms with Crippen molar-refractivity contribution < 1.29 is 14.5 Å². The SMILES string of the molecule is CSc1cc(Cl)nc2c(B(O)O)coc12. The van der Waals surface area contributed by atoms with E-state index in [9.17, 15) is 0 Å². The van der Waals surface area contributed by atoms with Crippen LogP contribution in [0.1, 0.15) is 0 Å². The highest BCUT2D eigenvalue weighted by molar-refractivity contribution is 7.98. The first-order chi connectivity index (χ1) is 7.13. The van der Waals surface area contributed by atoms with Crippen molar-refractivity contribution in [2.24, 2.45) is 0 Å². The van der Waals surface area contributed by atoms with Gasteiger partial charge in [0.25, 0.3) is 0 Å². The van der Waals surface area contributed by atoms with E-state index in [1.165, 1.54) is 18.0 Å². The van der Waals surface area contributed by atoms with Crippen LogP contribution in [0.15, 0.2) is 21.6 Å². The number of hydrogen-bond donors (Lipinski definition) is 2. The second-order valence-electron chi connectivity index (χ2n) is 2.89. The van der Waals surface area contributed by atoms with Crippen LogP contribution in [0.3, 0.4) is 0 Å². The maximum Gasteiger partial charge on any atom is 0.494 e. The Hall–Kier alpha value is -0.685. The van der Waals surface area contributed by atoms with Crippen LogP contribution in [0.5, 0.6) is 0 Å². The molecule has 0 radical (unpaired) electrons. The molecule has 0 atom stereocenters. The van der Waals surface area contributed by atoms with Crippen LogP contribution in [-0.2, 0) is 0 Å². The number of halogens is 1. The number of pyridine rings is 1. The van der Waals surface area contributed by atoms with Gasteiger partial charge in [-0.15, -0.1) is 11.8 Å². The van der Waals surface area contributed by atoms with E-state index in [2.05, 4.69) is 4.98 Å². The third-order valence-electron chi connectivity index (χ3n) is 1.98. The second-order valence-corrected chi connectivity index (χ2v) is 4.13. The Kier molecular flexibility index (Phi) is 2.93. The van der Waals surface area contributed by atoms with Gasteiger partial charge < -0.3 is 14.5 Å². The molecule has 0 saturated heterocycles. The molecule has 2 rings (SSSR count). The van der Waals surface area contributed by atoms with Crippen LogP contribution in [0, 0.1) is 0 Å². The molecule has 0 saturated carbocycles. The summed E-state index contributed by atoms with van der Waals surface area (Å²) in [6.45, 7) is 0. The highest BCUT2D eigenvalue weighted by Crippen LogP contribution is 2.27. The van der Waals surface area contributed by atoms with Gasteiger partial charge in [-0.1, -0.05) is 11.6 Å². The van der Waals surface area contributed by atoms with Crippen molar-refractivity contribution >= 4 is 47.0 Å². The Labute approximate surface area is 95.4 Å². The lowest BCUT2D eigenvalue weighted by atomic mass is 9.82. The Morgan fingerprint density at radius 2 is 2.27 bits per heavy atom. The molecule has 78 valence electrons. The van der Waals surface area contributed by atoms with E-state index in [1.54, 1.807) is 6.07 Å². The van der Waals surface area contributed by atoms with Gasteiger partial charge in [-0.05, 0) is 12.3 Å². The fourth-order valence-corrected chi connectivity index (χ4v) is 2.12. The van der Waals surface area contributed by atoms with E-state index in [0.29, 0.717) is 16.3 Å². The molecule has 2 heterocycles. The molecule has 0 aliphatic heterocycles. The molecule has 0 aromatic carbocycles. The summed E-state index contributed by atoms with van der Waals surface area (Å²) in [4.78, 5) is 4.82. The third-order valence-corrected chi connectivity index (χ3v) is 2.92. The van der Waals surface area contributed by atoms with Crippen molar-refractivity contribution in [1.29, 1.82) is 0 Å². The Balaban J connectivity index is 2.75. The molecule has 2 aromatic rings. The Morgan fingerprint density at radius 3 is 2.87 bits per heavy atom. The van der Waals surface area contributed by atoms with Crippen LogP contribution in [0.2, 0.25) is 5.15 Å². The zero-order valence-electron chi connectivity index (χ0n) is 7.77. The lowest BCUT2D eigenvalue weighted by Crippen LogP contribution is -2.29. The summed E-state index contributed by atoms with van der Waals surface area (Å²) in [7, 11) is -1.60. The highest BCUT2D eigenvalue weighted by atomic mass is 35.5. The fraction of sp³-hybridized carbons (Fsp3) is 0.125. The molecule has 0 aliphatic carbocycles. The molecule has 15 heavy (non-hydrogen) atoms. The zero-order chi connectivity index (χ0) is 11.0. The maximum absolute atomic E-state index is 9.07. The molecule has 2 aromatic heterocycles. The van der Waals surface area contributed by atoms with Crippen molar-refractivity contribution in [1.82, 2.24) is 4.98 Å². The summed E-state index contributed by atoms with van der Waals surface area (Å²) >= 11 is 7.26. The zero-order valence-corrected chi connectivity index (χ0v) is 9.34. The average Bonchev–Trinajstić information content (AvgIpc) is 2.59. The summed E-state index contributed by atoms with van der Waals surface area (Å²) in [5.74, 6) is 0. The van der Waals surface area contributed by atoms with Crippen LogP contribution >= 0.6 is 23.4 Å². The molecule has 0 spiro atoms. The van der Waals surface area contributed by atoms with Gasteiger partial charge in [0, 0.05) is 5.46 Å². The average molecular weight is 243 g/mol. The first-order valence-electron chi connectivity index (χ1n) is 4.11. The monoisotopic (exact) mass is 243 g/mol. The van der Waals surface area contributed by atoms with Gasteiger partial charge in [0.05, 0.1) is 11.2 Å². The number of fused-ring (bicyclic) bond motifs is 1. The van der Waals surface area contributed by atoms with E-state index >= 15 is 0 Å². The first-order valence-corrected chi connectivity index (χ1v) is 5.71. The number of furan rings is 1. The lowest BCUT2D eigenvalue weighted by Gasteiger charge is -1.99. The van der Waals surface area contributed by atoms with Gasteiger partial charge in [-0.25, -0.2) is 4.98 Å². The summed E-state index contributed by atoms with van der Waals surface area (Å²) in [6, 6.07) is 1.67. The molecule has 4 nitrogen and oxygen atoms in total. The van der Waals surface area contributed by atoms with Gasteiger partial charge in [0.1, 0.15) is 10.7 Å². The topological polar surface area (TPSA) is 66.5 Å². The van der Waals surface area contributed by atoms with Crippen molar-refractivity contribution in [2.75, 3.05) is 6.26 Å². The van der Waals surface area contributed by atoms with Gasteiger partial charge in [-0.2, -0.15) is 0 Å². The van der Waals surface area contributed by atoms with Crippen molar-refractivity contribution in [3.05, 3.63) is 17.5 Å². The third kappa shape index (κ3) is 1.85. The Bertz CT molecular complexity index is 502. The molecule has 7 heteroatoms. The quantitative estimate of drug-likeness (QED) is 0.466. The molecular formula is C8H7BClNO3S. The molecule has 2 N–H and O–H groups in total. The van der Waals surface area contributed by atoms with E-state index in [-0.39, 0.29) is 5.46 Å². The predicted octanol–water partition coefficient (Wildman–Crippen LogP) is 0.883. The predicted molar refractivity (Wildman–Crippen MR) is 60.6 cm³/mol. The van der Waals surface area contributed by atoms with Gasteiger partial charge in [0.15, 0.2) is 5.58 Å². The summed E-state index contributed by atoms with van der Waals surface area (Å²) in [5.41, 5.74) is 1.14. The number of nitrogens with zero attached hydrogens (tertiary/aromatic N) is 1. The first kappa shape index (κ1) is 10.8. The van der Waals surface area contributed by atoms with Gasteiger partial charge in [-0.3, -0.25) is 0 Å². The normalized spacial score (nSPS) is 10.9. The van der Waals surface area contributed by atoms with Crippen LogP contribution in [0.25, 0.3) is 11.1 Å². The fourth-order valence-electron chi connectivity index (χ4n) is 1.30. The van der Waals surface area contributed by atoms with Crippen LogP contribution in [0.4, 0.5) is 0 Å². The van der Waals surface area contributed by atoms with Crippen molar-refractivity contribution in [2.45, 2.75) is 4.90 Å². The summed E-state index contributed by atoms with van der Waals surface area (Å²) < 4.78 is 5.23. The van der Waals surface area contributed by atoms with Gasteiger partial charge in [0.2, 0.25) is 0 Å². The molecule has 0 amide bonds. The van der Waals surface area contributed by atoms with Crippen LogP contribution < -0.4 is 5.46 Å². The molecule has 0 fully saturated rings. The minimum Gasteiger partial charge on any atom is -0.462 e. The molecule has 0 aliphatic rings. The van der Waals surface area contributed by atoms with Crippen molar-refractivity contribution in [3.8, 4) is 0 Å². The van der Waals surface area contributed by atoms with Gasteiger partial charge >= 0.3 is 7.12 Å². The number of hydrogen-bond acceptors (Lipinski definition) is 5. The Morgan fingerprint density at radius 1 is 1.53 bits per heavy atom. The van der Waals surface area contributed by atoms with Crippen molar-refractivity contribution in [3.63, 3.8) is 0 Å². The molecule has 0 bridgehead atoms. The standard InChI is InChI=1S/C8H7BClNO3S/c1-15-5-2-6(10)11-7-4(9(12)13)3-14-8(5)7/h2-3,12-13H,1H3. The van der Waals surface area contributed by atoms with E-state index in [4.69, 9.17) is 26.1 Å². The largest absolute Gasteiger partial charge is 0.494 e. The molecule has 0 unspecified atom stereocenters. The second kappa shape index (κ2) is 4.06. The number of thioether (sulfide) groups is 1. The smallest absolute Gasteiger partial charge is 0.462 e. The molecular weight excluding hydrogens is 236 g/mol. The number of rotatable bonds is 2. The summed E-state index contributed by atoms with van der Waals surface area (Å²) in [5, 5.41) is 18.4. The highest BCUT2D eigenvalue weighted by Gasteiger charge is 2.21. The van der Waals surface area contributed by atoms with Crippen LogP contribution in [-0.4, -0.2) is 28.4 Å². The van der Waals surface area contributed by atoms with E-state index in [1.807, 2.05) is 6.26 Å². The minimum absolute atomic E-state index is 0.225. The minimum atomic E-state index is -1.60. The maximum atomic E-state index is 9.07. The van der Waals surface area contributed by atoms with E-state index < -0.39 is 7.12 Å². The number of aromatic nitrogens is 1. The lowest BCUT2D eigenvalue weighted by molar-refractivity contribution is 0.425. The summed E-state index contributed by atoms with van der Waals surface area (Å²) in [6.07, 6.45) is 3.15. The van der Waals surface area contributed by atoms with E-state index in [0.717, 1.165) is 4.90 Å².